The van der Waals surface area contributed by atoms with E-state index in [1.807, 2.05) is 18.2 Å². The van der Waals surface area contributed by atoms with Crippen LogP contribution >= 0.6 is 0 Å². The van der Waals surface area contributed by atoms with E-state index in [-0.39, 0.29) is 10.6 Å². The van der Waals surface area contributed by atoms with E-state index in [2.05, 4.69) is 9.46 Å². The van der Waals surface area contributed by atoms with Gasteiger partial charge in [0, 0.05) is 6.04 Å². The Hall–Kier alpha value is -1.99. The van der Waals surface area contributed by atoms with Gasteiger partial charge in [-0.3, -0.25) is 0 Å². The van der Waals surface area contributed by atoms with Crippen LogP contribution in [0.3, 0.4) is 0 Å². The number of para-hydroxylation sites is 1. The van der Waals surface area contributed by atoms with E-state index in [9.17, 15) is 17.2 Å². The van der Waals surface area contributed by atoms with E-state index in [0.717, 1.165) is 24.8 Å². The third kappa shape index (κ3) is 4.22. The molecule has 0 heterocycles. The molecule has 26 heavy (non-hydrogen) atoms. The molecule has 0 radical (unpaired) electrons. The number of ether oxygens (including phenoxy) is 1. The van der Waals surface area contributed by atoms with Crippen molar-refractivity contribution < 1.29 is 21.9 Å². The van der Waals surface area contributed by atoms with Crippen molar-refractivity contribution in [1.82, 2.24) is 4.72 Å². The second-order valence-electron chi connectivity index (χ2n) is 6.40. The molecule has 1 aliphatic carbocycles. The molecule has 0 amide bonds. The summed E-state index contributed by atoms with van der Waals surface area (Å²) in [6.07, 6.45) is 4.35. The van der Waals surface area contributed by atoms with Gasteiger partial charge in [-0.1, -0.05) is 30.3 Å². The number of benzene rings is 2. The Morgan fingerprint density at radius 2 is 1.73 bits per heavy atom. The summed E-state index contributed by atoms with van der Waals surface area (Å²) < 4.78 is 57.3. The minimum Gasteiger partial charge on any atom is -0.433 e. The lowest BCUT2D eigenvalue weighted by atomic mass is 9.89. The maximum absolute atomic E-state index is 12.7. The van der Waals surface area contributed by atoms with Crippen LogP contribution in [0.5, 0.6) is 5.75 Å². The standard InChI is InChI=1S/C19H21F2NO3S/c1-13(15-11-10-14-6-2-3-7-16(14)12-15)22-26(23,24)18-9-5-4-8-17(18)25-19(20)21/h4-5,8-13,19,22H,2-3,6-7H2,1H3. The molecule has 2 aromatic rings. The first-order valence-electron chi connectivity index (χ1n) is 8.55. The van der Waals surface area contributed by atoms with Crippen LogP contribution in [0.4, 0.5) is 8.78 Å². The second kappa shape index (κ2) is 7.72. The van der Waals surface area contributed by atoms with Crippen LogP contribution in [-0.4, -0.2) is 15.0 Å². The summed E-state index contributed by atoms with van der Waals surface area (Å²) in [7, 11) is -4.01. The lowest BCUT2D eigenvalue weighted by Gasteiger charge is -2.20. The smallest absolute Gasteiger partial charge is 0.387 e. The number of aryl methyl sites for hydroxylation is 2. The fraction of sp³-hybridized carbons (Fsp3) is 0.368. The molecule has 0 aromatic heterocycles. The third-order valence-corrected chi connectivity index (χ3v) is 6.14. The molecule has 0 spiro atoms. The highest BCUT2D eigenvalue weighted by molar-refractivity contribution is 7.89. The minimum absolute atomic E-state index is 0.301. The summed E-state index contributed by atoms with van der Waals surface area (Å²) in [6.45, 7) is -1.36. The highest BCUT2D eigenvalue weighted by atomic mass is 32.2. The molecule has 4 nitrogen and oxygen atoms in total. The van der Waals surface area contributed by atoms with Crippen LogP contribution in [0.2, 0.25) is 0 Å². The largest absolute Gasteiger partial charge is 0.433 e. The summed E-state index contributed by atoms with van der Waals surface area (Å²) in [5.41, 5.74) is 3.41. The predicted molar refractivity (Wildman–Crippen MR) is 94.9 cm³/mol. The molecule has 2 aromatic carbocycles. The molecule has 1 unspecified atom stereocenters. The zero-order chi connectivity index (χ0) is 18.7. The van der Waals surface area contributed by atoms with E-state index in [1.54, 1.807) is 6.92 Å². The van der Waals surface area contributed by atoms with Crippen LogP contribution in [0.15, 0.2) is 47.4 Å². The van der Waals surface area contributed by atoms with Crippen molar-refractivity contribution in [3.05, 3.63) is 59.2 Å². The maximum atomic E-state index is 12.7. The number of hydrogen-bond donors (Lipinski definition) is 1. The molecule has 0 saturated carbocycles. The number of fused-ring (bicyclic) bond motifs is 1. The van der Waals surface area contributed by atoms with Crippen molar-refractivity contribution in [2.75, 3.05) is 0 Å². The molecule has 0 aliphatic heterocycles. The van der Waals surface area contributed by atoms with Crippen molar-refractivity contribution in [1.29, 1.82) is 0 Å². The Morgan fingerprint density at radius 3 is 2.46 bits per heavy atom. The fourth-order valence-corrected chi connectivity index (χ4v) is 4.62. The number of halogens is 2. The topological polar surface area (TPSA) is 55.4 Å². The van der Waals surface area contributed by atoms with E-state index in [1.165, 1.54) is 41.8 Å². The summed E-state index contributed by atoms with van der Waals surface area (Å²) in [5.74, 6) is -0.368. The average Bonchev–Trinajstić information content (AvgIpc) is 2.60. The van der Waals surface area contributed by atoms with E-state index >= 15 is 0 Å². The van der Waals surface area contributed by atoms with Gasteiger partial charge < -0.3 is 4.74 Å². The molecule has 140 valence electrons. The van der Waals surface area contributed by atoms with Gasteiger partial charge in [-0.15, -0.1) is 0 Å². The van der Waals surface area contributed by atoms with Crippen molar-refractivity contribution in [3.63, 3.8) is 0 Å². The Bertz CT molecular complexity index is 884. The fourth-order valence-electron chi connectivity index (χ4n) is 3.25. The lowest BCUT2D eigenvalue weighted by molar-refractivity contribution is -0.0517. The van der Waals surface area contributed by atoms with Gasteiger partial charge in [-0.2, -0.15) is 8.78 Å². The summed E-state index contributed by atoms with van der Waals surface area (Å²) in [6, 6.07) is 10.9. The predicted octanol–water partition coefficient (Wildman–Crippen LogP) is 4.21. The number of alkyl halides is 2. The SMILES string of the molecule is CC(NS(=O)(=O)c1ccccc1OC(F)F)c1ccc2c(c1)CCCC2. The van der Waals surface area contributed by atoms with Crippen molar-refractivity contribution in [3.8, 4) is 5.75 Å². The van der Waals surface area contributed by atoms with E-state index in [4.69, 9.17) is 0 Å². The van der Waals surface area contributed by atoms with Gasteiger partial charge in [0.05, 0.1) is 0 Å². The zero-order valence-electron chi connectivity index (χ0n) is 14.4. The Kier molecular flexibility index (Phi) is 5.58. The first-order chi connectivity index (χ1) is 12.4. The van der Waals surface area contributed by atoms with Gasteiger partial charge >= 0.3 is 6.61 Å². The van der Waals surface area contributed by atoms with Crippen LogP contribution in [0, 0.1) is 0 Å². The number of hydrogen-bond acceptors (Lipinski definition) is 3. The zero-order valence-corrected chi connectivity index (χ0v) is 15.2. The second-order valence-corrected chi connectivity index (χ2v) is 8.09. The maximum Gasteiger partial charge on any atom is 0.387 e. The van der Waals surface area contributed by atoms with Gasteiger partial charge in [0.2, 0.25) is 10.0 Å². The summed E-state index contributed by atoms with van der Waals surface area (Å²) in [4.78, 5) is -0.301. The lowest BCUT2D eigenvalue weighted by Crippen LogP contribution is -2.27. The van der Waals surface area contributed by atoms with Gasteiger partial charge in [-0.05, 0) is 61.4 Å². The number of rotatable bonds is 6. The van der Waals surface area contributed by atoms with Gasteiger partial charge in [0.15, 0.2) is 0 Å². The monoisotopic (exact) mass is 381 g/mol. The molecule has 1 aliphatic rings. The molecular formula is C19H21F2NO3S. The highest BCUT2D eigenvalue weighted by Crippen LogP contribution is 2.28. The average molecular weight is 381 g/mol. The molecule has 1 atom stereocenters. The highest BCUT2D eigenvalue weighted by Gasteiger charge is 2.24. The van der Waals surface area contributed by atoms with Crippen molar-refractivity contribution in [2.45, 2.75) is 50.2 Å². The Morgan fingerprint density at radius 1 is 1.04 bits per heavy atom. The molecule has 7 heteroatoms. The van der Waals surface area contributed by atoms with Gasteiger partial charge in [0.25, 0.3) is 0 Å². The first kappa shape index (κ1) is 18.8. The van der Waals surface area contributed by atoms with Gasteiger partial charge in [-0.25, -0.2) is 13.1 Å². The molecule has 1 N–H and O–H groups in total. The summed E-state index contributed by atoms with van der Waals surface area (Å²) in [5, 5.41) is 0. The number of nitrogens with one attached hydrogen (secondary N) is 1. The first-order valence-corrected chi connectivity index (χ1v) is 10.0. The quantitative estimate of drug-likeness (QED) is 0.816. The minimum atomic E-state index is -4.01. The third-order valence-electron chi connectivity index (χ3n) is 4.56. The summed E-state index contributed by atoms with van der Waals surface area (Å²) >= 11 is 0. The van der Waals surface area contributed by atoms with E-state index in [0.29, 0.717) is 0 Å². The van der Waals surface area contributed by atoms with Crippen molar-refractivity contribution >= 4 is 10.0 Å². The van der Waals surface area contributed by atoms with Crippen molar-refractivity contribution in [2.24, 2.45) is 0 Å². The Balaban J connectivity index is 1.83. The van der Waals surface area contributed by atoms with Crippen LogP contribution < -0.4 is 9.46 Å². The van der Waals surface area contributed by atoms with Gasteiger partial charge in [0.1, 0.15) is 10.6 Å². The van der Waals surface area contributed by atoms with Crippen LogP contribution in [0.1, 0.15) is 42.5 Å². The molecular weight excluding hydrogens is 360 g/mol. The Labute approximate surface area is 152 Å². The van der Waals surface area contributed by atoms with E-state index < -0.39 is 22.7 Å². The normalized spacial score (nSPS) is 15.5. The molecule has 0 fully saturated rings. The van der Waals surface area contributed by atoms with Crippen LogP contribution in [-0.2, 0) is 22.9 Å². The van der Waals surface area contributed by atoms with Crippen LogP contribution in [0.25, 0.3) is 0 Å². The molecule has 0 saturated heterocycles. The number of sulfonamides is 1. The molecule has 0 bridgehead atoms. The molecule has 3 rings (SSSR count).